The summed E-state index contributed by atoms with van der Waals surface area (Å²) in [5.41, 5.74) is 1.68. The van der Waals surface area contributed by atoms with Gasteiger partial charge in [0, 0.05) is 24.6 Å². The summed E-state index contributed by atoms with van der Waals surface area (Å²) in [6.07, 6.45) is 5.43. The van der Waals surface area contributed by atoms with Crippen LogP contribution in [0.1, 0.15) is 17.0 Å². The summed E-state index contributed by atoms with van der Waals surface area (Å²) in [6, 6.07) is 15.2. The minimum atomic E-state index is -0.543. The summed E-state index contributed by atoms with van der Waals surface area (Å²) in [6.45, 7) is 8.59. The molecule has 1 heterocycles. The van der Waals surface area contributed by atoms with Crippen molar-refractivity contribution in [2.45, 2.75) is 12.0 Å². The van der Waals surface area contributed by atoms with Crippen molar-refractivity contribution in [3.63, 3.8) is 0 Å². The molecule has 3 rings (SSSR count). The summed E-state index contributed by atoms with van der Waals surface area (Å²) >= 11 is 0. The van der Waals surface area contributed by atoms with Gasteiger partial charge in [-0.25, -0.2) is 9.18 Å². The van der Waals surface area contributed by atoms with E-state index < -0.39 is 6.04 Å². The Bertz CT molecular complexity index is 832. The van der Waals surface area contributed by atoms with Crippen LogP contribution in [0.25, 0.3) is 5.76 Å². The number of hydrogen-bond donors (Lipinski definition) is 0. The van der Waals surface area contributed by atoms with Gasteiger partial charge in [0.25, 0.3) is 0 Å². The maximum atomic E-state index is 13.4. The molecule has 27 heavy (non-hydrogen) atoms. The second-order valence-electron chi connectivity index (χ2n) is 6.37. The number of ether oxygens (including phenoxy) is 1. The van der Waals surface area contributed by atoms with Crippen molar-refractivity contribution in [2.75, 3.05) is 13.1 Å². The molecule has 0 aliphatic carbocycles. The molecule has 2 aromatic rings. The number of benzene rings is 2. The number of cyclic esters (lactones) is 1. The Labute approximate surface area is 159 Å². The smallest absolute Gasteiger partial charge is 0.329 e. The highest BCUT2D eigenvalue weighted by atomic mass is 19.1. The number of rotatable bonds is 7. The van der Waals surface area contributed by atoms with Crippen molar-refractivity contribution in [3.8, 4) is 0 Å². The third-order valence-electron chi connectivity index (χ3n) is 4.56. The van der Waals surface area contributed by atoms with Crippen LogP contribution in [0.3, 0.4) is 0 Å². The zero-order chi connectivity index (χ0) is 19.2. The van der Waals surface area contributed by atoms with Gasteiger partial charge in [-0.3, -0.25) is 4.90 Å². The van der Waals surface area contributed by atoms with Gasteiger partial charge in [0.05, 0.1) is 0 Å². The lowest BCUT2D eigenvalue weighted by Gasteiger charge is -2.36. The van der Waals surface area contributed by atoms with Crippen LogP contribution < -0.4 is 0 Å². The highest BCUT2D eigenvalue weighted by Crippen LogP contribution is 2.35. The SMILES string of the molecule is C=CCN(CC=C)[C@H]1C(=O)OC(c2ccccc2)=C[C@@H]1c1ccc(F)cc1. The lowest BCUT2D eigenvalue weighted by atomic mass is 9.87. The Morgan fingerprint density at radius 3 is 2.22 bits per heavy atom. The molecule has 0 radical (unpaired) electrons. The van der Waals surface area contributed by atoms with Crippen molar-refractivity contribution in [3.05, 3.63) is 103 Å². The monoisotopic (exact) mass is 363 g/mol. The first kappa shape index (κ1) is 18.8. The first-order valence-electron chi connectivity index (χ1n) is 8.84. The van der Waals surface area contributed by atoms with Gasteiger partial charge in [0.15, 0.2) is 0 Å². The molecule has 4 heteroatoms. The predicted octanol–water partition coefficient (Wildman–Crippen LogP) is 4.55. The number of carbonyl (C=O) groups is 1. The molecule has 0 saturated carbocycles. The van der Waals surface area contributed by atoms with Crippen LogP contribution in [0.15, 0.2) is 86.0 Å². The highest BCUT2D eigenvalue weighted by Gasteiger charge is 2.38. The molecule has 0 fully saturated rings. The molecular weight excluding hydrogens is 341 g/mol. The fraction of sp³-hybridized carbons (Fsp3) is 0.174. The third kappa shape index (κ3) is 4.23. The van der Waals surface area contributed by atoms with E-state index in [4.69, 9.17) is 4.74 Å². The molecule has 0 N–H and O–H groups in total. The number of halogens is 1. The van der Waals surface area contributed by atoms with Gasteiger partial charge in [-0.2, -0.15) is 0 Å². The van der Waals surface area contributed by atoms with E-state index in [2.05, 4.69) is 13.2 Å². The van der Waals surface area contributed by atoms with Crippen LogP contribution in [0.4, 0.5) is 4.39 Å². The molecule has 0 aromatic heterocycles. The van der Waals surface area contributed by atoms with E-state index in [1.165, 1.54) is 12.1 Å². The molecule has 1 aliphatic heterocycles. The predicted molar refractivity (Wildman–Crippen MR) is 105 cm³/mol. The van der Waals surface area contributed by atoms with Crippen LogP contribution in [0.5, 0.6) is 0 Å². The van der Waals surface area contributed by atoms with Crippen molar-refractivity contribution < 1.29 is 13.9 Å². The average Bonchev–Trinajstić information content (AvgIpc) is 2.68. The molecule has 0 spiro atoms. The molecule has 0 unspecified atom stereocenters. The van der Waals surface area contributed by atoms with Crippen molar-refractivity contribution in [2.24, 2.45) is 0 Å². The third-order valence-corrected chi connectivity index (χ3v) is 4.56. The number of carbonyl (C=O) groups excluding carboxylic acids is 1. The summed E-state index contributed by atoms with van der Waals surface area (Å²) in [4.78, 5) is 14.9. The van der Waals surface area contributed by atoms with Gasteiger partial charge in [-0.15, -0.1) is 13.2 Å². The number of nitrogens with zero attached hydrogens (tertiary/aromatic N) is 1. The number of esters is 1. The fourth-order valence-electron chi connectivity index (χ4n) is 3.33. The largest absolute Gasteiger partial charge is 0.425 e. The lowest BCUT2D eigenvalue weighted by molar-refractivity contribution is -0.144. The second-order valence-corrected chi connectivity index (χ2v) is 6.37. The Morgan fingerprint density at radius 1 is 1.00 bits per heavy atom. The Balaban J connectivity index is 2.07. The molecule has 2 aromatic carbocycles. The zero-order valence-electron chi connectivity index (χ0n) is 15.1. The maximum Gasteiger partial charge on any atom is 0.329 e. The first-order valence-corrected chi connectivity index (χ1v) is 8.84. The molecule has 1 aliphatic rings. The molecule has 138 valence electrons. The van der Waals surface area contributed by atoms with Crippen LogP contribution in [0.2, 0.25) is 0 Å². The summed E-state index contributed by atoms with van der Waals surface area (Å²) < 4.78 is 19.1. The topological polar surface area (TPSA) is 29.5 Å². The Morgan fingerprint density at radius 2 is 1.63 bits per heavy atom. The minimum absolute atomic E-state index is 0.276. The normalized spacial score (nSPS) is 19.3. The minimum Gasteiger partial charge on any atom is -0.425 e. The first-order chi connectivity index (χ1) is 13.1. The van der Waals surface area contributed by atoms with Crippen LogP contribution in [-0.4, -0.2) is 30.0 Å². The van der Waals surface area contributed by atoms with E-state index in [1.807, 2.05) is 41.3 Å². The molecule has 3 nitrogen and oxygen atoms in total. The standard InChI is InChI=1S/C23H22FNO2/c1-3-14-25(15-4-2)22-20(17-10-12-19(24)13-11-17)16-21(27-23(22)26)18-8-6-5-7-9-18/h3-13,16,20,22H,1-2,14-15H2/t20-,22-/m1/s1. The Kier molecular flexibility index (Phi) is 5.99. The fourth-order valence-corrected chi connectivity index (χ4v) is 3.33. The van der Waals surface area contributed by atoms with Gasteiger partial charge in [-0.05, 0) is 23.8 Å². The van der Waals surface area contributed by atoms with Gasteiger partial charge in [0.2, 0.25) is 0 Å². The second kappa shape index (κ2) is 8.60. The summed E-state index contributed by atoms with van der Waals surface area (Å²) in [5, 5.41) is 0. The zero-order valence-corrected chi connectivity index (χ0v) is 15.1. The Hall–Kier alpha value is -2.98. The van der Waals surface area contributed by atoms with Crippen molar-refractivity contribution in [1.82, 2.24) is 4.90 Å². The average molecular weight is 363 g/mol. The summed E-state index contributed by atoms with van der Waals surface area (Å²) in [5.74, 6) is -0.408. The van der Waals surface area contributed by atoms with Crippen LogP contribution in [-0.2, 0) is 9.53 Å². The van der Waals surface area contributed by atoms with Gasteiger partial charge in [0.1, 0.15) is 17.6 Å². The van der Waals surface area contributed by atoms with E-state index in [0.29, 0.717) is 18.8 Å². The lowest BCUT2D eigenvalue weighted by Crippen LogP contribution is -2.47. The van der Waals surface area contributed by atoms with Crippen molar-refractivity contribution >= 4 is 11.7 Å². The molecular formula is C23H22FNO2. The van der Waals surface area contributed by atoms with E-state index in [0.717, 1.165) is 11.1 Å². The molecule has 2 atom stereocenters. The van der Waals surface area contributed by atoms with Gasteiger partial charge < -0.3 is 4.74 Å². The number of hydrogen-bond acceptors (Lipinski definition) is 3. The maximum absolute atomic E-state index is 13.4. The summed E-state index contributed by atoms with van der Waals surface area (Å²) in [7, 11) is 0. The highest BCUT2D eigenvalue weighted by molar-refractivity contribution is 5.87. The van der Waals surface area contributed by atoms with Crippen LogP contribution in [0, 0.1) is 5.82 Å². The quantitative estimate of drug-likeness (QED) is 0.534. The molecule has 0 saturated heterocycles. The van der Waals surface area contributed by atoms with Crippen molar-refractivity contribution in [1.29, 1.82) is 0 Å². The molecule has 0 amide bonds. The van der Waals surface area contributed by atoms with E-state index >= 15 is 0 Å². The van der Waals surface area contributed by atoms with E-state index in [9.17, 15) is 9.18 Å². The van der Waals surface area contributed by atoms with E-state index in [1.54, 1.807) is 24.3 Å². The van der Waals surface area contributed by atoms with E-state index in [-0.39, 0.29) is 17.7 Å². The molecule has 0 bridgehead atoms. The van der Waals surface area contributed by atoms with Gasteiger partial charge >= 0.3 is 5.97 Å². The van der Waals surface area contributed by atoms with Crippen LogP contribution >= 0.6 is 0 Å². The van der Waals surface area contributed by atoms with Gasteiger partial charge in [-0.1, -0.05) is 54.6 Å².